The molecule has 0 saturated heterocycles. The first-order valence-electron chi connectivity index (χ1n) is 3.87. The predicted molar refractivity (Wildman–Crippen MR) is 46.7 cm³/mol. The standard InChI is InChI=1S/C9H13N2O/c1-9(2,3)8-7(6-12)5-11(4)10-8/h5H,1-4H3. The fraction of sp³-hybridized carbons (Fsp3) is 0.556. The Balaban J connectivity index is 3.22. The summed E-state index contributed by atoms with van der Waals surface area (Å²) in [5.74, 6) is 0. The summed E-state index contributed by atoms with van der Waals surface area (Å²) in [6.07, 6.45) is 3.58. The molecule has 1 aromatic heterocycles. The summed E-state index contributed by atoms with van der Waals surface area (Å²) in [7, 11) is 1.80. The molecule has 0 atom stereocenters. The Bertz CT molecular complexity index is 294. The molecule has 0 N–H and O–H groups in total. The quantitative estimate of drug-likeness (QED) is 0.626. The second kappa shape index (κ2) is 2.73. The second-order valence-electron chi connectivity index (χ2n) is 3.92. The van der Waals surface area contributed by atoms with Crippen molar-refractivity contribution in [2.24, 2.45) is 7.05 Å². The van der Waals surface area contributed by atoms with Crippen molar-refractivity contribution in [3.63, 3.8) is 0 Å². The molecule has 65 valence electrons. The first-order chi connectivity index (χ1) is 5.45. The van der Waals surface area contributed by atoms with Gasteiger partial charge in [0.1, 0.15) is 0 Å². The summed E-state index contributed by atoms with van der Waals surface area (Å²) in [5, 5.41) is 4.21. The molecule has 0 aromatic carbocycles. The highest BCUT2D eigenvalue weighted by Crippen LogP contribution is 2.22. The van der Waals surface area contributed by atoms with Crippen LogP contribution in [0.3, 0.4) is 0 Å². The van der Waals surface area contributed by atoms with Crippen LogP contribution in [0.4, 0.5) is 0 Å². The van der Waals surface area contributed by atoms with Gasteiger partial charge in [-0.25, -0.2) is 0 Å². The third kappa shape index (κ3) is 1.55. The number of rotatable bonds is 1. The number of hydrogen-bond donors (Lipinski definition) is 0. The molecule has 12 heavy (non-hydrogen) atoms. The van der Waals surface area contributed by atoms with Crippen molar-refractivity contribution in [3.05, 3.63) is 17.5 Å². The molecule has 1 radical (unpaired) electrons. The minimum atomic E-state index is -0.0893. The fourth-order valence-corrected chi connectivity index (χ4v) is 1.12. The predicted octanol–water partition coefficient (Wildman–Crippen LogP) is 1.18. The van der Waals surface area contributed by atoms with Crippen molar-refractivity contribution in [2.75, 3.05) is 0 Å². The van der Waals surface area contributed by atoms with Crippen LogP contribution < -0.4 is 0 Å². The summed E-state index contributed by atoms with van der Waals surface area (Å²) in [5.41, 5.74) is 1.28. The van der Waals surface area contributed by atoms with E-state index in [4.69, 9.17) is 0 Å². The van der Waals surface area contributed by atoms with Crippen molar-refractivity contribution in [2.45, 2.75) is 26.2 Å². The molecule has 3 nitrogen and oxygen atoms in total. The highest BCUT2D eigenvalue weighted by Gasteiger charge is 2.21. The molecular formula is C9H13N2O. The van der Waals surface area contributed by atoms with E-state index in [-0.39, 0.29) is 5.41 Å². The monoisotopic (exact) mass is 165 g/mol. The van der Waals surface area contributed by atoms with Gasteiger partial charge < -0.3 is 0 Å². The lowest BCUT2D eigenvalue weighted by atomic mass is 9.90. The molecule has 1 aromatic rings. The Hall–Kier alpha value is -1.12. The molecule has 3 heteroatoms. The molecule has 0 aliphatic carbocycles. The summed E-state index contributed by atoms with van der Waals surface area (Å²) in [4.78, 5) is 10.5. The zero-order valence-electron chi connectivity index (χ0n) is 7.88. The SMILES string of the molecule is Cn1cc([C]=O)c(C(C)(C)C)n1. The van der Waals surface area contributed by atoms with Crippen LogP contribution >= 0.6 is 0 Å². The van der Waals surface area contributed by atoms with Gasteiger partial charge in [-0.1, -0.05) is 20.8 Å². The van der Waals surface area contributed by atoms with E-state index in [1.165, 1.54) is 0 Å². The Morgan fingerprint density at radius 3 is 2.42 bits per heavy atom. The average molecular weight is 165 g/mol. The smallest absolute Gasteiger partial charge is 0.237 e. The lowest BCUT2D eigenvalue weighted by molar-refractivity contribution is 0.544. The van der Waals surface area contributed by atoms with Crippen LogP contribution in [0.25, 0.3) is 0 Å². The highest BCUT2D eigenvalue weighted by atomic mass is 16.1. The van der Waals surface area contributed by atoms with Gasteiger partial charge in [0.05, 0.1) is 11.3 Å². The van der Waals surface area contributed by atoms with Gasteiger partial charge in [-0.3, -0.25) is 9.48 Å². The zero-order chi connectivity index (χ0) is 9.35. The van der Waals surface area contributed by atoms with Gasteiger partial charge in [0, 0.05) is 18.7 Å². The molecular weight excluding hydrogens is 152 g/mol. The molecule has 0 saturated carbocycles. The Labute approximate surface area is 72.4 Å². The molecule has 1 heterocycles. The Morgan fingerprint density at radius 1 is 1.50 bits per heavy atom. The summed E-state index contributed by atoms with van der Waals surface area (Å²) < 4.78 is 1.64. The molecule has 0 aliphatic rings. The van der Waals surface area contributed by atoms with Gasteiger partial charge in [0.15, 0.2) is 0 Å². The average Bonchev–Trinajstić information content (AvgIpc) is 2.29. The van der Waals surface area contributed by atoms with E-state index >= 15 is 0 Å². The van der Waals surface area contributed by atoms with Crippen molar-refractivity contribution >= 4 is 6.29 Å². The van der Waals surface area contributed by atoms with E-state index in [1.807, 2.05) is 27.1 Å². The van der Waals surface area contributed by atoms with Crippen LogP contribution in [-0.4, -0.2) is 16.1 Å². The Morgan fingerprint density at radius 2 is 2.08 bits per heavy atom. The van der Waals surface area contributed by atoms with Crippen molar-refractivity contribution in [1.82, 2.24) is 9.78 Å². The van der Waals surface area contributed by atoms with E-state index < -0.39 is 0 Å². The van der Waals surface area contributed by atoms with Crippen molar-refractivity contribution < 1.29 is 4.79 Å². The third-order valence-corrected chi connectivity index (χ3v) is 1.65. The van der Waals surface area contributed by atoms with Crippen molar-refractivity contribution in [1.29, 1.82) is 0 Å². The lowest BCUT2D eigenvalue weighted by Crippen LogP contribution is -2.14. The number of hydrogen-bond acceptors (Lipinski definition) is 2. The van der Waals surface area contributed by atoms with Gasteiger partial charge in [0.25, 0.3) is 0 Å². The molecule has 0 aliphatic heterocycles. The number of carbonyl (C=O) groups excluding carboxylic acids is 1. The van der Waals surface area contributed by atoms with E-state index in [0.717, 1.165) is 5.69 Å². The largest absolute Gasteiger partial charge is 0.285 e. The first-order valence-corrected chi connectivity index (χ1v) is 3.87. The van der Waals surface area contributed by atoms with E-state index in [2.05, 4.69) is 5.10 Å². The summed E-state index contributed by atoms with van der Waals surface area (Å²) >= 11 is 0. The maximum atomic E-state index is 10.5. The summed E-state index contributed by atoms with van der Waals surface area (Å²) in [6, 6.07) is 0. The third-order valence-electron chi connectivity index (χ3n) is 1.65. The van der Waals surface area contributed by atoms with Crippen LogP contribution in [0.2, 0.25) is 0 Å². The van der Waals surface area contributed by atoms with Gasteiger partial charge in [-0.15, -0.1) is 0 Å². The van der Waals surface area contributed by atoms with E-state index in [9.17, 15) is 4.79 Å². The molecule has 0 bridgehead atoms. The Kier molecular flexibility index (Phi) is 2.04. The normalized spacial score (nSPS) is 11.7. The van der Waals surface area contributed by atoms with E-state index in [0.29, 0.717) is 5.56 Å². The van der Waals surface area contributed by atoms with Crippen molar-refractivity contribution in [3.8, 4) is 0 Å². The van der Waals surface area contributed by atoms with Crippen LogP contribution in [0.5, 0.6) is 0 Å². The van der Waals surface area contributed by atoms with Gasteiger partial charge >= 0.3 is 0 Å². The highest BCUT2D eigenvalue weighted by molar-refractivity contribution is 5.77. The maximum absolute atomic E-state index is 10.5. The van der Waals surface area contributed by atoms with Gasteiger partial charge in [-0.05, 0) is 0 Å². The molecule has 0 amide bonds. The minimum Gasteiger partial charge on any atom is -0.285 e. The van der Waals surface area contributed by atoms with Gasteiger partial charge in [-0.2, -0.15) is 5.10 Å². The number of aromatic nitrogens is 2. The van der Waals surface area contributed by atoms with Crippen LogP contribution in [0.15, 0.2) is 6.20 Å². The lowest BCUT2D eigenvalue weighted by Gasteiger charge is -2.15. The zero-order valence-corrected chi connectivity index (χ0v) is 7.88. The van der Waals surface area contributed by atoms with Crippen LogP contribution in [-0.2, 0) is 17.3 Å². The fourth-order valence-electron chi connectivity index (χ4n) is 1.12. The van der Waals surface area contributed by atoms with Crippen LogP contribution in [0, 0.1) is 0 Å². The van der Waals surface area contributed by atoms with Gasteiger partial charge in [0.2, 0.25) is 6.29 Å². The molecule has 0 fully saturated rings. The minimum absolute atomic E-state index is 0.0893. The van der Waals surface area contributed by atoms with Crippen LogP contribution in [0.1, 0.15) is 32.0 Å². The van der Waals surface area contributed by atoms with E-state index in [1.54, 1.807) is 17.9 Å². The molecule has 0 unspecified atom stereocenters. The maximum Gasteiger partial charge on any atom is 0.237 e. The number of nitrogens with zero attached hydrogens (tertiary/aromatic N) is 2. The second-order valence-corrected chi connectivity index (χ2v) is 3.92. The topological polar surface area (TPSA) is 34.9 Å². The first kappa shape index (κ1) is 8.97. The summed E-state index contributed by atoms with van der Waals surface area (Å²) in [6.45, 7) is 6.07. The number of aryl methyl sites for hydroxylation is 1. The molecule has 0 spiro atoms. The molecule has 1 rings (SSSR count).